The van der Waals surface area contributed by atoms with Crippen LogP contribution in [0.25, 0.3) is 0 Å². The molecule has 1 saturated heterocycles. The normalized spacial score (nSPS) is 19.3. The quantitative estimate of drug-likeness (QED) is 0.437. The third-order valence-corrected chi connectivity index (χ3v) is 7.71. The zero-order valence-corrected chi connectivity index (χ0v) is 22.0. The minimum atomic E-state index is -0.467. The first kappa shape index (κ1) is 25.2. The molecule has 184 valence electrons. The van der Waals surface area contributed by atoms with Gasteiger partial charge >= 0.3 is 0 Å². The maximum atomic E-state index is 13.4. The van der Waals surface area contributed by atoms with Crippen molar-refractivity contribution in [3.8, 4) is 0 Å². The molecule has 2 amide bonds. The molecule has 0 spiro atoms. The van der Waals surface area contributed by atoms with E-state index in [9.17, 15) is 9.59 Å². The van der Waals surface area contributed by atoms with E-state index in [0.29, 0.717) is 11.7 Å². The van der Waals surface area contributed by atoms with Gasteiger partial charge in [0.05, 0.1) is 5.69 Å². The van der Waals surface area contributed by atoms with Crippen LogP contribution in [0.4, 0.5) is 11.4 Å². The van der Waals surface area contributed by atoms with Crippen LogP contribution in [0, 0.1) is 27.7 Å². The number of thioether (sulfide) groups is 1. The number of carbonyl (C=O) groups excluding carboxylic acids is 2. The van der Waals surface area contributed by atoms with Crippen LogP contribution in [0.15, 0.2) is 53.0 Å². The molecule has 2 aromatic carbocycles. The molecule has 1 aliphatic carbocycles. The van der Waals surface area contributed by atoms with Crippen LogP contribution in [0.5, 0.6) is 0 Å². The number of hydrogen-bond donors (Lipinski definition) is 1. The largest absolute Gasteiger partial charge is 0.326 e. The monoisotopic (exact) mass is 489 g/mol. The Bertz CT molecular complexity index is 1160. The molecule has 1 fully saturated rings. The summed E-state index contributed by atoms with van der Waals surface area (Å²) in [6, 6.07) is 12.2. The van der Waals surface area contributed by atoms with Gasteiger partial charge in [-0.05, 0) is 100 Å². The average molecular weight is 490 g/mol. The Labute approximate surface area is 213 Å². The van der Waals surface area contributed by atoms with Crippen LogP contribution in [-0.4, -0.2) is 33.7 Å². The van der Waals surface area contributed by atoms with Crippen molar-refractivity contribution in [3.05, 3.63) is 70.3 Å². The highest BCUT2D eigenvalue weighted by Crippen LogP contribution is 2.33. The molecule has 1 heterocycles. The van der Waals surface area contributed by atoms with E-state index >= 15 is 0 Å². The molecule has 35 heavy (non-hydrogen) atoms. The van der Waals surface area contributed by atoms with E-state index in [1.165, 1.54) is 30.2 Å². The molecule has 1 aliphatic heterocycles. The number of nitrogens with zero attached hydrogens (tertiary/aromatic N) is 2. The lowest BCUT2D eigenvalue weighted by atomic mass is 9.97. The van der Waals surface area contributed by atoms with Gasteiger partial charge in [0.25, 0.3) is 0 Å². The van der Waals surface area contributed by atoms with Crippen molar-refractivity contribution in [1.82, 2.24) is 4.90 Å². The number of nitrogens with one attached hydrogen (secondary N) is 1. The van der Waals surface area contributed by atoms with E-state index in [0.717, 1.165) is 52.9 Å². The Kier molecular flexibility index (Phi) is 8.11. The second kappa shape index (κ2) is 11.3. The van der Waals surface area contributed by atoms with Gasteiger partial charge in [-0.2, -0.15) is 0 Å². The van der Waals surface area contributed by atoms with Gasteiger partial charge in [-0.15, -0.1) is 0 Å². The summed E-state index contributed by atoms with van der Waals surface area (Å²) in [6.07, 6.45) is 8.02. The van der Waals surface area contributed by atoms with Crippen molar-refractivity contribution in [1.29, 1.82) is 0 Å². The molecule has 4 rings (SSSR count). The van der Waals surface area contributed by atoms with Crippen LogP contribution in [0.1, 0.15) is 60.8 Å². The summed E-state index contributed by atoms with van der Waals surface area (Å²) in [5.74, 6) is -0.169. The highest BCUT2D eigenvalue weighted by Gasteiger charge is 2.39. The van der Waals surface area contributed by atoms with Crippen LogP contribution in [0.2, 0.25) is 0 Å². The number of anilines is 1. The van der Waals surface area contributed by atoms with Gasteiger partial charge in [-0.3, -0.25) is 14.5 Å². The van der Waals surface area contributed by atoms with Crippen LogP contribution in [0.3, 0.4) is 0 Å². The van der Waals surface area contributed by atoms with Gasteiger partial charge in [0.1, 0.15) is 5.25 Å². The van der Waals surface area contributed by atoms with Gasteiger partial charge in [0, 0.05) is 18.7 Å². The Morgan fingerprint density at radius 3 is 2.54 bits per heavy atom. The lowest BCUT2D eigenvalue weighted by Gasteiger charge is -2.19. The molecule has 0 aromatic heterocycles. The Balaban J connectivity index is 1.52. The van der Waals surface area contributed by atoms with E-state index in [1.54, 1.807) is 4.90 Å². The predicted molar refractivity (Wildman–Crippen MR) is 146 cm³/mol. The second-order valence-corrected chi connectivity index (χ2v) is 10.9. The van der Waals surface area contributed by atoms with E-state index in [-0.39, 0.29) is 18.2 Å². The number of amides is 2. The molecule has 1 N–H and O–H groups in total. The van der Waals surface area contributed by atoms with Gasteiger partial charge in [-0.25, -0.2) is 4.99 Å². The Morgan fingerprint density at radius 1 is 1.06 bits per heavy atom. The highest BCUT2D eigenvalue weighted by molar-refractivity contribution is 8.15. The number of amidine groups is 1. The van der Waals surface area contributed by atoms with E-state index in [1.807, 2.05) is 44.2 Å². The fraction of sp³-hybridized carbons (Fsp3) is 0.414. The summed E-state index contributed by atoms with van der Waals surface area (Å²) in [4.78, 5) is 33.0. The molecule has 0 radical (unpaired) electrons. The summed E-state index contributed by atoms with van der Waals surface area (Å²) in [5.41, 5.74) is 7.45. The van der Waals surface area contributed by atoms with Crippen molar-refractivity contribution < 1.29 is 9.59 Å². The molecule has 1 unspecified atom stereocenters. The lowest BCUT2D eigenvalue weighted by molar-refractivity contribution is -0.128. The number of carbonyl (C=O) groups is 2. The van der Waals surface area contributed by atoms with Crippen molar-refractivity contribution in [2.75, 3.05) is 11.9 Å². The summed E-state index contributed by atoms with van der Waals surface area (Å²) < 4.78 is 0. The maximum Gasteiger partial charge on any atom is 0.242 e. The molecule has 0 bridgehead atoms. The van der Waals surface area contributed by atoms with Gasteiger partial charge in [0.15, 0.2) is 5.17 Å². The molecule has 5 nitrogen and oxygen atoms in total. The van der Waals surface area contributed by atoms with Crippen LogP contribution < -0.4 is 5.32 Å². The summed E-state index contributed by atoms with van der Waals surface area (Å²) in [6.45, 7) is 8.69. The van der Waals surface area contributed by atoms with Crippen molar-refractivity contribution >= 4 is 40.1 Å². The summed E-state index contributed by atoms with van der Waals surface area (Å²) in [5, 5.41) is 3.23. The highest BCUT2D eigenvalue weighted by atomic mass is 32.2. The SMILES string of the molecule is Cc1cc(C)cc(N=C2SC(CC(=O)Nc3cc(C)ccc3C)C(=O)N2CCC2=CCCCC2)c1. The Morgan fingerprint density at radius 2 is 1.83 bits per heavy atom. The van der Waals surface area contributed by atoms with Gasteiger partial charge in [0.2, 0.25) is 11.8 Å². The molecule has 2 aromatic rings. The topological polar surface area (TPSA) is 61.8 Å². The predicted octanol–water partition coefficient (Wildman–Crippen LogP) is 6.77. The number of allylic oxidation sites excluding steroid dienone is 1. The first-order valence-electron chi connectivity index (χ1n) is 12.5. The standard InChI is InChI=1S/C29H35N3O2S/c1-19-10-11-22(4)25(17-19)31-27(33)18-26-28(34)32(13-12-23-8-6-5-7-9-23)29(35-26)30-24-15-20(2)14-21(3)16-24/h8,10-11,14-17,26H,5-7,9,12-13,18H2,1-4H3,(H,31,33). The van der Waals surface area contributed by atoms with Crippen molar-refractivity contribution in [2.45, 2.75) is 71.5 Å². The average Bonchev–Trinajstić information content (AvgIpc) is 3.08. The smallest absolute Gasteiger partial charge is 0.242 e. The number of aliphatic imine (C=N–C) groups is 1. The van der Waals surface area contributed by atoms with Gasteiger partial charge < -0.3 is 5.32 Å². The minimum absolute atomic E-state index is 0.0225. The van der Waals surface area contributed by atoms with Crippen LogP contribution >= 0.6 is 11.8 Å². The van der Waals surface area contributed by atoms with Gasteiger partial charge in [-0.1, -0.05) is 41.6 Å². The molecule has 2 aliphatic rings. The fourth-order valence-electron chi connectivity index (χ4n) is 4.68. The third kappa shape index (κ3) is 6.63. The van der Waals surface area contributed by atoms with E-state index in [2.05, 4.69) is 31.3 Å². The molecular formula is C29H35N3O2S. The summed E-state index contributed by atoms with van der Waals surface area (Å²) >= 11 is 1.41. The summed E-state index contributed by atoms with van der Waals surface area (Å²) in [7, 11) is 0. The first-order valence-corrected chi connectivity index (χ1v) is 13.4. The second-order valence-electron chi connectivity index (χ2n) is 9.77. The maximum absolute atomic E-state index is 13.4. The van der Waals surface area contributed by atoms with Crippen molar-refractivity contribution in [3.63, 3.8) is 0 Å². The number of rotatable bonds is 7. The van der Waals surface area contributed by atoms with Crippen molar-refractivity contribution in [2.24, 2.45) is 4.99 Å². The molecule has 1 atom stereocenters. The molecule has 0 saturated carbocycles. The Hall–Kier alpha value is -2.86. The molecular weight excluding hydrogens is 454 g/mol. The zero-order valence-electron chi connectivity index (χ0n) is 21.2. The number of benzene rings is 2. The molecule has 6 heteroatoms. The van der Waals surface area contributed by atoms with E-state index < -0.39 is 5.25 Å². The fourth-order valence-corrected chi connectivity index (χ4v) is 5.87. The van der Waals surface area contributed by atoms with E-state index in [4.69, 9.17) is 4.99 Å². The minimum Gasteiger partial charge on any atom is -0.326 e. The van der Waals surface area contributed by atoms with Crippen LogP contribution in [-0.2, 0) is 9.59 Å². The lowest BCUT2D eigenvalue weighted by Crippen LogP contribution is -2.34. The number of hydrogen-bond acceptors (Lipinski definition) is 4. The first-order chi connectivity index (χ1) is 16.8. The zero-order chi connectivity index (χ0) is 24.9. The number of aryl methyl sites for hydroxylation is 4. The third-order valence-electron chi connectivity index (χ3n) is 6.53.